The number of nitrogens with zero attached hydrogens (tertiary/aromatic N) is 2. The molecule has 4 nitrogen and oxygen atoms in total. The summed E-state index contributed by atoms with van der Waals surface area (Å²) in [7, 11) is 0. The molecule has 1 aliphatic rings. The van der Waals surface area contributed by atoms with Crippen molar-refractivity contribution in [3.63, 3.8) is 0 Å². The molecular formula is C19H20F3N3OS. The lowest BCUT2D eigenvalue weighted by Crippen LogP contribution is -2.32. The zero-order valence-electron chi connectivity index (χ0n) is 14.8. The number of alkyl halides is 3. The van der Waals surface area contributed by atoms with Gasteiger partial charge in [0.2, 0.25) is 0 Å². The second kappa shape index (κ2) is 8.31. The number of halogens is 3. The Hall–Kier alpha value is -2.06. The molecule has 8 heteroatoms. The average Bonchev–Trinajstić information content (AvgIpc) is 2.65. The summed E-state index contributed by atoms with van der Waals surface area (Å²) >= 11 is 1.93. The average molecular weight is 395 g/mol. The minimum atomic E-state index is -4.68. The fraction of sp³-hybridized carbons (Fsp3) is 0.368. The fourth-order valence-corrected chi connectivity index (χ4v) is 3.97. The molecule has 0 spiro atoms. The molecule has 1 amide bonds. The predicted molar refractivity (Wildman–Crippen MR) is 101 cm³/mol. The molecular weight excluding hydrogens is 375 g/mol. The SMILES string of the molecule is Cc1c(CN2CCSCC2)cccc1NC(=O)c1cccnc1C(F)(F)F. The van der Waals surface area contributed by atoms with Crippen molar-refractivity contribution in [1.29, 1.82) is 0 Å². The van der Waals surface area contributed by atoms with Crippen LogP contribution in [0.1, 0.15) is 27.2 Å². The number of nitrogens with one attached hydrogen (secondary N) is 1. The third kappa shape index (κ3) is 4.81. The highest BCUT2D eigenvalue weighted by molar-refractivity contribution is 7.99. The van der Waals surface area contributed by atoms with Crippen molar-refractivity contribution in [1.82, 2.24) is 9.88 Å². The molecule has 3 rings (SSSR count). The van der Waals surface area contributed by atoms with Crippen molar-refractivity contribution in [3.05, 3.63) is 58.9 Å². The predicted octanol–water partition coefficient (Wildman–Crippen LogP) is 4.21. The molecule has 0 saturated carbocycles. The van der Waals surface area contributed by atoms with Crippen LogP contribution in [0, 0.1) is 6.92 Å². The highest BCUT2D eigenvalue weighted by Gasteiger charge is 2.37. The number of anilines is 1. The molecule has 1 aromatic carbocycles. The van der Waals surface area contributed by atoms with Crippen LogP contribution in [0.5, 0.6) is 0 Å². The van der Waals surface area contributed by atoms with Crippen molar-refractivity contribution in [3.8, 4) is 0 Å². The number of benzene rings is 1. The number of hydrogen-bond acceptors (Lipinski definition) is 4. The second-order valence-corrected chi connectivity index (χ2v) is 7.55. The van der Waals surface area contributed by atoms with Crippen molar-refractivity contribution in [2.45, 2.75) is 19.6 Å². The molecule has 2 heterocycles. The molecule has 1 N–H and O–H groups in total. The van der Waals surface area contributed by atoms with E-state index in [1.54, 1.807) is 6.07 Å². The second-order valence-electron chi connectivity index (χ2n) is 6.33. The van der Waals surface area contributed by atoms with Gasteiger partial charge in [0.05, 0.1) is 5.56 Å². The van der Waals surface area contributed by atoms with Gasteiger partial charge in [0.1, 0.15) is 0 Å². The van der Waals surface area contributed by atoms with Crippen LogP contribution < -0.4 is 5.32 Å². The molecule has 0 radical (unpaired) electrons. The van der Waals surface area contributed by atoms with Gasteiger partial charge in [-0.2, -0.15) is 24.9 Å². The van der Waals surface area contributed by atoms with Gasteiger partial charge in [0.15, 0.2) is 5.69 Å². The quantitative estimate of drug-likeness (QED) is 0.842. The largest absolute Gasteiger partial charge is 0.434 e. The van der Waals surface area contributed by atoms with Gasteiger partial charge in [-0.3, -0.25) is 14.7 Å². The third-order valence-corrected chi connectivity index (χ3v) is 5.46. The maximum Gasteiger partial charge on any atom is 0.434 e. The summed E-state index contributed by atoms with van der Waals surface area (Å²) < 4.78 is 39.3. The molecule has 144 valence electrons. The van der Waals surface area contributed by atoms with Crippen LogP contribution in [0.3, 0.4) is 0 Å². The van der Waals surface area contributed by atoms with Gasteiger partial charge in [-0.05, 0) is 36.2 Å². The van der Waals surface area contributed by atoms with E-state index in [9.17, 15) is 18.0 Å². The number of amides is 1. The van der Waals surface area contributed by atoms with E-state index in [0.717, 1.165) is 54.5 Å². The van der Waals surface area contributed by atoms with E-state index in [2.05, 4.69) is 15.2 Å². The molecule has 1 aliphatic heterocycles. The minimum Gasteiger partial charge on any atom is -0.322 e. The van der Waals surface area contributed by atoms with Crippen molar-refractivity contribution >= 4 is 23.4 Å². The maximum absolute atomic E-state index is 13.1. The van der Waals surface area contributed by atoms with Gasteiger partial charge in [-0.1, -0.05) is 12.1 Å². The third-order valence-electron chi connectivity index (χ3n) is 4.51. The fourth-order valence-electron chi connectivity index (χ4n) is 2.99. The van der Waals surface area contributed by atoms with E-state index in [0.29, 0.717) is 5.69 Å². The van der Waals surface area contributed by atoms with Crippen LogP contribution >= 0.6 is 11.8 Å². The van der Waals surface area contributed by atoms with E-state index in [1.807, 2.05) is 30.8 Å². The maximum atomic E-state index is 13.1. The standard InChI is InChI=1S/C19H20F3N3OS/c1-13-14(12-25-8-10-27-11-9-25)4-2-6-16(13)24-18(26)15-5-3-7-23-17(15)19(20,21)22/h2-7H,8-12H2,1H3,(H,24,26). The summed E-state index contributed by atoms with van der Waals surface area (Å²) in [4.78, 5) is 18.1. The smallest absolute Gasteiger partial charge is 0.322 e. The number of rotatable bonds is 4. The van der Waals surface area contributed by atoms with Crippen LogP contribution in [-0.4, -0.2) is 40.4 Å². The Morgan fingerprint density at radius 1 is 1.22 bits per heavy atom. The number of carbonyl (C=O) groups excluding carboxylic acids is 1. The molecule has 0 unspecified atom stereocenters. The number of aromatic nitrogens is 1. The molecule has 2 aromatic rings. The summed E-state index contributed by atoms with van der Waals surface area (Å²) in [6, 6.07) is 7.95. The van der Waals surface area contributed by atoms with E-state index in [-0.39, 0.29) is 0 Å². The first kappa shape index (κ1) is 19.7. The normalized spacial score (nSPS) is 15.6. The van der Waals surface area contributed by atoms with Crippen molar-refractivity contribution in [2.24, 2.45) is 0 Å². The highest BCUT2D eigenvalue weighted by Crippen LogP contribution is 2.31. The first-order valence-electron chi connectivity index (χ1n) is 8.58. The number of hydrogen-bond donors (Lipinski definition) is 1. The van der Waals surface area contributed by atoms with E-state index in [1.165, 1.54) is 6.07 Å². The molecule has 0 aliphatic carbocycles. The topological polar surface area (TPSA) is 45.2 Å². The van der Waals surface area contributed by atoms with Crippen LogP contribution in [0.2, 0.25) is 0 Å². The van der Waals surface area contributed by atoms with Crippen LogP contribution in [0.15, 0.2) is 36.5 Å². The van der Waals surface area contributed by atoms with E-state index in [4.69, 9.17) is 0 Å². The van der Waals surface area contributed by atoms with Gasteiger partial charge >= 0.3 is 6.18 Å². The Balaban J connectivity index is 1.80. The Morgan fingerprint density at radius 3 is 2.67 bits per heavy atom. The van der Waals surface area contributed by atoms with Crippen LogP contribution in [0.25, 0.3) is 0 Å². The molecule has 0 atom stereocenters. The number of thioether (sulfide) groups is 1. The molecule has 1 aromatic heterocycles. The first-order valence-corrected chi connectivity index (χ1v) is 9.74. The zero-order chi connectivity index (χ0) is 19.4. The van der Waals surface area contributed by atoms with Crippen LogP contribution in [-0.2, 0) is 12.7 Å². The van der Waals surface area contributed by atoms with Crippen molar-refractivity contribution < 1.29 is 18.0 Å². The Labute approximate surface area is 160 Å². The summed E-state index contributed by atoms with van der Waals surface area (Å²) in [6.07, 6.45) is -3.65. The first-order chi connectivity index (χ1) is 12.9. The zero-order valence-corrected chi connectivity index (χ0v) is 15.7. The summed E-state index contributed by atoms with van der Waals surface area (Å²) in [6.45, 7) is 4.64. The lowest BCUT2D eigenvalue weighted by molar-refractivity contribution is -0.141. The summed E-state index contributed by atoms with van der Waals surface area (Å²) in [5.41, 5.74) is 0.773. The lowest BCUT2D eigenvalue weighted by atomic mass is 10.1. The van der Waals surface area contributed by atoms with E-state index >= 15 is 0 Å². The Bertz CT molecular complexity index is 820. The van der Waals surface area contributed by atoms with Gasteiger partial charge in [-0.15, -0.1) is 0 Å². The summed E-state index contributed by atoms with van der Waals surface area (Å²) in [5.74, 6) is 1.37. The highest BCUT2D eigenvalue weighted by atomic mass is 32.2. The summed E-state index contributed by atoms with van der Waals surface area (Å²) in [5, 5.41) is 2.62. The number of carbonyl (C=O) groups is 1. The van der Waals surface area contributed by atoms with E-state index < -0.39 is 23.3 Å². The monoisotopic (exact) mass is 395 g/mol. The molecule has 27 heavy (non-hydrogen) atoms. The van der Waals surface area contributed by atoms with Crippen LogP contribution in [0.4, 0.5) is 18.9 Å². The Kier molecular flexibility index (Phi) is 6.06. The molecule has 0 bridgehead atoms. The van der Waals surface area contributed by atoms with Gasteiger partial charge in [0, 0.05) is 43.0 Å². The van der Waals surface area contributed by atoms with Crippen molar-refractivity contribution in [2.75, 3.05) is 29.9 Å². The Morgan fingerprint density at radius 2 is 1.96 bits per heavy atom. The minimum absolute atomic E-state index is 0.483. The lowest BCUT2D eigenvalue weighted by Gasteiger charge is -2.27. The molecule has 1 saturated heterocycles. The number of pyridine rings is 1. The molecule has 1 fully saturated rings. The van der Waals surface area contributed by atoms with Gasteiger partial charge in [0.25, 0.3) is 5.91 Å². The van der Waals surface area contributed by atoms with Gasteiger partial charge in [-0.25, -0.2) is 0 Å². The van der Waals surface area contributed by atoms with Gasteiger partial charge < -0.3 is 5.32 Å².